The molecule has 1 aromatic rings. The molecular weight excluding hydrogens is 216 g/mol. The lowest BCUT2D eigenvalue weighted by molar-refractivity contribution is 0.267. The summed E-state index contributed by atoms with van der Waals surface area (Å²) in [5.74, 6) is 0. The fourth-order valence-corrected chi connectivity index (χ4v) is 1.96. The molecule has 0 aliphatic heterocycles. The lowest BCUT2D eigenvalue weighted by atomic mass is 10.0. The van der Waals surface area contributed by atoms with Crippen molar-refractivity contribution in [3.8, 4) is 0 Å². The molecule has 0 bridgehead atoms. The van der Waals surface area contributed by atoms with Crippen LogP contribution in [0.25, 0.3) is 0 Å². The number of benzene rings is 1. The van der Waals surface area contributed by atoms with Gasteiger partial charge in [0, 0.05) is 18.8 Å². The van der Waals surface area contributed by atoms with Crippen molar-refractivity contribution < 1.29 is 10.2 Å². The van der Waals surface area contributed by atoms with Gasteiger partial charge in [-0.05, 0) is 37.1 Å². The zero-order valence-corrected chi connectivity index (χ0v) is 10.6. The molecule has 4 heteroatoms. The lowest BCUT2D eigenvalue weighted by Gasteiger charge is -2.23. The summed E-state index contributed by atoms with van der Waals surface area (Å²) in [5.41, 5.74) is 8.92. The Bertz CT molecular complexity index is 355. The molecule has 1 aromatic carbocycles. The van der Waals surface area contributed by atoms with E-state index in [9.17, 15) is 0 Å². The second kappa shape index (κ2) is 6.59. The lowest BCUT2D eigenvalue weighted by Crippen LogP contribution is -2.26. The quantitative estimate of drug-likeness (QED) is 0.686. The van der Waals surface area contributed by atoms with E-state index in [1.165, 1.54) is 0 Å². The van der Waals surface area contributed by atoms with E-state index in [-0.39, 0.29) is 19.3 Å². The van der Waals surface area contributed by atoms with E-state index in [4.69, 9.17) is 15.9 Å². The van der Waals surface area contributed by atoms with E-state index in [1.54, 1.807) is 0 Å². The zero-order valence-electron chi connectivity index (χ0n) is 10.6. The molecule has 0 amide bonds. The second-order valence-electron chi connectivity index (χ2n) is 4.13. The molecule has 0 saturated heterocycles. The Labute approximate surface area is 103 Å². The number of aliphatic hydroxyl groups excluding tert-OH is 2. The average Bonchev–Trinajstić information content (AvgIpc) is 2.35. The molecule has 0 radical (unpaired) electrons. The first-order valence-electron chi connectivity index (χ1n) is 5.96. The highest BCUT2D eigenvalue weighted by atomic mass is 16.3. The van der Waals surface area contributed by atoms with Gasteiger partial charge in [-0.3, -0.25) is 0 Å². The molecule has 96 valence electrons. The van der Waals surface area contributed by atoms with Gasteiger partial charge in [0.15, 0.2) is 0 Å². The van der Waals surface area contributed by atoms with Gasteiger partial charge in [0.25, 0.3) is 0 Å². The highest BCUT2D eigenvalue weighted by Crippen LogP contribution is 2.22. The number of aryl methyl sites for hydroxylation is 1. The number of anilines is 1. The van der Waals surface area contributed by atoms with Crippen molar-refractivity contribution in [3.05, 3.63) is 29.3 Å². The maximum Gasteiger partial charge on any atom is 0.0624 e. The van der Waals surface area contributed by atoms with Crippen LogP contribution in [0.3, 0.4) is 0 Å². The van der Waals surface area contributed by atoms with Crippen molar-refractivity contribution in [2.75, 3.05) is 31.2 Å². The summed E-state index contributed by atoms with van der Waals surface area (Å²) >= 11 is 0. The first-order valence-corrected chi connectivity index (χ1v) is 5.96. The van der Waals surface area contributed by atoms with E-state index < -0.39 is 0 Å². The van der Waals surface area contributed by atoms with Gasteiger partial charge in [-0.15, -0.1) is 0 Å². The molecule has 0 heterocycles. The topological polar surface area (TPSA) is 69.7 Å². The van der Waals surface area contributed by atoms with Crippen molar-refractivity contribution in [1.29, 1.82) is 0 Å². The number of rotatable bonds is 6. The normalized spacial score (nSPS) is 12.5. The summed E-state index contributed by atoms with van der Waals surface area (Å²) in [6.07, 6.45) is 0. The minimum absolute atomic E-state index is 0.0473. The van der Waals surface area contributed by atoms with Crippen LogP contribution in [0.1, 0.15) is 24.1 Å². The summed E-state index contributed by atoms with van der Waals surface area (Å²) in [7, 11) is 0. The number of nitrogens with two attached hydrogens (primary N) is 1. The van der Waals surface area contributed by atoms with Crippen LogP contribution in [-0.2, 0) is 0 Å². The van der Waals surface area contributed by atoms with E-state index in [1.807, 2.05) is 25.1 Å². The molecule has 17 heavy (non-hydrogen) atoms. The average molecular weight is 238 g/mol. The summed E-state index contributed by atoms with van der Waals surface area (Å²) in [6.45, 7) is 5.62. The van der Waals surface area contributed by atoms with Gasteiger partial charge in [-0.1, -0.05) is 6.07 Å². The second-order valence-corrected chi connectivity index (χ2v) is 4.13. The van der Waals surface area contributed by atoms with E-state index >= 15 is 0 Å². The number of aliphatic hydroxyl groups is 2. The third-order valence-electron chi connectivity index (χ3n) is 2.97. The van der Waals surface area contributed by atoms with Crippen LogP contribution in [0.4, 0.5) is 5.69 Å². The molecule has 0 fully saturated rings. The van der Waals surface area contributed by atoms with Crippen LogP contribution in [0.15, 0.2) is 18.2 Å². The third-order valence-corrected chi connectivity index (χ3v) is 2.97. The molecule has 4 N–H and O–H groups in total. The Morgan fingerprint density at radius 3 is 2.53 bits per heavy atom. The van der Waals surface area contributed by atoms with E-state index in [2.05, 4.69) is 11.8 Å². The maximum absolute atomic E-state index is 9.05. The van der Waals surface area contributed by atoms with Crippen LogP contribution in [0, 0.1) is 6.92 Å². The summed E-state index contributed by atoms with van der Waals surface area (Å²) in [4.78, 5) is 2.10. The number of hydrogen-bond donors (Lipinski definition) is 3. The van der Waals surface area contributed by atoms with Gasteiger partial charge in [-0.25, -0.2) is 0 Å². The van der Waals surface area contributed by atoms with Gasteiger partial charge in [0.1, 0.15) is 0 Å². The molecule has 0 saturated carbocycles. The van der Waals surface area contributed by atoms with Crippen LogP contribution in [0.5, 0.6) is 0 Å². The molecular formula is C13H22N2O2. The Kier molecular flexibility index (Phi) is 5.41. The first kappa shape index (κ1) is 14.0. The largest absolute Gasteiger partial charge is 0.395 e. The van der Waals surface area contributed by atoms with Crippen molar-refractivity contribution in [1.82, 2.24) is 0 Å². The Morgan fingerprint density at radius 1 is 1.35 bits per heavy atom. The molecule has 0 aliphatic carbocycles. The molecule has 0 unspecified atom stereocenters. The first-order chi connectivity index (χ1) is 8.13. The molecule has 0 aromatic heterocycles. The third kappa shape index (κ3) is 3.43. The SMILES string of the molecule is CCN(CCO)c1ccc([C@@H](N)CO)c(C)c1. The molecule has 0 aliphatic rings. The molecule has 1 rings (SSSR count). The molecule has 0 spiro atoms. The standard InChI is InChI=1S/C13H22N2O2/c1-3-15(6-7-16)11-4-5-12(10(2)8-11)13(14)9-17/h4-5,8,13,16-17H,3,6-7,9,14H2,1-2H3/t13-/m0/s1. The summed E-state index contributed by atoms with van der Waals surface area (Å²) in [6, 6.07) is 5.66. The number of hydrogen-bond acceptors (Lipinski definition) is 4. The summed E-state index contributed by atoms with van der Waals surface area (Å²) in [5, 5.41) is 18.0. The zero-order chi connectivity index (χ0) is 12.8. The van der Waals surface area contributed by atoms with E-state index in [0.717, 1.165) is 23.4 Å². The Morgan fingerprint density at radius 2 is 2.06 bits per heavy atom. The van der Waals surface area contributed by atoms with Gasteiger partial charge >= 0.3 is 0 Å². The van der Waals surface area contributed by atoms with Crippen molar-refractivity contribution >= 4 is 5.69 Å². The predicted molar refractivity (Wildman–Crippen MR) is 70.2 cm³/mol. The van der Waals surface area contributed by atoms with Gasteiger partial charge in [-0.2, -0.15) is 0 Å². The number of nitrogens with zero attached hydrogens (tertiary/aromatic N) is 1. The minimum Gasteiger partial charge on any atom is -0.395 e. The van der Waals surface area contributed by atoms with Crippen LogP contribution in [0.2, 0.25) is 0 Å². The fraction of sp³-hybridized carbons (Fsp3) is 0.538. The Balaban J connectivity index is 2.94. The number of likely N-dealkylation sites (N-methyl/N-ethyl adjacent to an activating group) is 1. The highest BCUT2D eigenvalue weighted by molar-refractivity contribution is 5.51. The summed E-state index contributed by atoms with van der Waals surface area (Å²) < 4.78 is 0. The van der Waals surface area contributed by atoms with Crippen LogP contribution in [-0.4, -0.2) is 36.5 Å². The Hall–Kier alpha value is -1.10. The van der Waals surface area contributed by atoms with Gasteiger partial charge in [0.2, 0.25) is 0 Å². The van der Waals surface area contributed by atoms with Crippen molar-refractivity contribution in [2.24, 2.45) is 5.73 Å². The van der Waals surface area contributed by atoms with E-state index in [0.29, 0.717) is 6.54 Å². The van der Waals surface area contributed by atoms with Crippen LogP contribution < -0.4 is 10.6 Å². The maximum atomic E-state index is 9.05. The monoisotopic (exact) mass is 238 g/mol. The molecule has 4 nitrogen and oxygen atoms in total. The fourth-order valence-electron chi connectivity index (χ4n) is 1.96. The predicted octanol–water partition coefficient (Wildman–Crippen LogP) is 0.806. The van der Waals surface area contributed by atoms with Crippen molar-refractivity contribution in [2.45, 2.75) is 19.9 Å². The van der Waals surface area contributed by atoms with Crippen molar-refractivity contribution in [3.63, 3.8) is 0 Å². The van der Waals surface area contributed by atoms with Crippen LogP contribution >= 0.6 is 0 Å². The molecule has 1 atom stereocenters. The van der Waals surface area contributed by atoms with Gasteiger partial charge < -0.3 is 20.8 Å². The smallest absolute Gasteiger partial charge is 0.0624 e. The van der Waals surface area contributed by atoms with Gasteiger partial charge in [0.05, 0.1) is 19.3 Å². The highest BCUT2D eigenvalue weighted by Gasteiger charge is 2.10. The minimum atomic E-state index is -0.322.